The highest BCUT2D eigenvalue weighted by Gasteiger charge is 2.22. The summed E-state index contributed by atoms with van der Waals surface area (Å²) in [5, 5.41) is 8.01. The Bertz CT molecular complexity index is 721. The molecule has 3 N–H and O–H groups in total. The Labute approximate surface area is 149 Å². The molecule has 25 heavy (non-hydrogen) atoms. The van der Waals surface area contributed by atoms with Gasteiger partial charge in [-0.15, -0.1) is 0 Å². The number of likely N-dealkylation sites (tertiary alicyclic amines) is 1. The van der Waals surface area contributed by atoms with Crippen molar-refractivity contribution in [3.63, 3.8) is 0 Å². The molecule has 2 rings (SSSR count). The van der Waals surface area contributed by atoms with Crippen LogP contribution in [0.4, 0.5) is 0 Å². The molecule has 1 saturated heterocycles. The fourth-order valence-corrected chi connectivity index (χ4v) is 3.67. The molecule has 0 aromatic heterocycles. The lowest BCUT2D eigenvalue weighted by Crippen LogP contribution is -2.46. The number of sulfonamides is 1. The second-order valence-electron chi connectivity index (χ2n) is 6.71. The summed E-state index contributed by atoms with van der Waals surface area (Å²) in [5.41, 5.74) is 0.160. The van der Waals surface area contributed by atoms with Crippen LogP contribution in [0.25, 0.3) is 0 Å². The summed E-state index contributed by atoms with van der Waals surface area (Å²) in [7, 11) is -2.45. The van der Waals surface area contributed by atoms with E-state index in [-0.39, 0.29) is 22.4 Å². The van der Waals surface area contributed by atoms with Crippen LogP contribution in [-0.4, -0.2) is 52.0 Å². The second-order valence-corrected chi connectivity index (χ2v) is 8.27. The minimum absolute atomic E-state index is 0.114. The Kier molecular flexibility index (Phi) is 6.42. The largest absolute Gasteiger partial charge is 0.496 e. The van der Waals surface area contributed by atoms with Gasteiger partial charge in [-0.1, -0.05) is 6.92 Å². The Morgan fingerprint density at radius 2 is 2.20 bits per heavy atom. The van der Waals surface area contributed by atoms with Crippen molar-refractivity contribution in [1.29, 1.82) is 0 Å². The molecule has 1 fully saturated rings. The average Bonchev–Trinajstić information content (AvgIpc) is 2.57. The Hall–Kier alpha value is -1.64. The zero-order valence-electron chi connectivity index (χ0n) is 15.0. The summed E-state index contributed by atoms with van der Waals surface area (Å²) >= 11 is 0. The van der Waals surface area contributed by atoms with E-state index in [1.165, 1.54) is 38.2 Å². The number of primary sulfonamides is 1. The number of benzene rings is 1. The van der Waals surface area contributed by atoms with Crippen molar-refractivity contribution in [2.45, 2.75) is 37.6 Å². The van der Waals surface area contributed by atoms with Crippen LogP contribution in [0.3, 0.4) is 0 Å². The summed E-state index contributed by atoms with van der Waals surface area (Å²) in [6.07, 6.45) is 2.41. The van der Waals surface area contributed by atoms with Crippen LogP contribution in [-0.2, 0) is 10.0 Å². The quantitative estimate of drug-likeness (QED) is 0.784. The molecule has 1 aliphatic heterocycles. The summed E-state index contributed by atoms with van der Waals surface area (Å²) < 4.78 is 28.2. The van der Waals surface area contributed by atoms with Gasteiger partial charge >= 0.3 is 0 Å². The Morgan fingerprint density at radius 1 is 1.48 bits per heavy atom. The number of methoxy groups -OCH3 is 1. The van der Waals surface area contributed by atoms with Crippen molar-refractivity contribution in [1.82, 2.24) is 10.2 Å². The number of nitrogens with zero attached hydrogens (tertiary/aromatic N) is 1. The maximum atomic E-state index is 12.5. The van der Waals surface area contributed by atoms with Crippen LogP contribution in [0.2, 0.25) is 0 Å². The normalized spacial score (nSPS) is 20.1. The van der Waals surface area contributed by atoms with Crippen molar-refractivity contribution in [3.8, 4) is 5.75 Å². The molecule has 2 atom stereocenters. The van der Waals surface area contributed by atoms with Crippen molar-refractivity contribution in [2.75, 3.05) is 26.7 Å². The van der Waals surface area contributed by atoms with E-state index in [4.69, 9.17) is 9.88 Å². The van der Waals surface area contributed by atoms with E-state index in [0.717, 1.165) is 13.1 Å². The zero-order chi connectivity index (χ0) is 18.6. The molecule has 1 aromatic rings. The first-order valence-electron chi connectivity index (χ1n) is 8.45. The van der Waals surface area contributed by atoms with Gasteiger partial charge in [-0.05, 0) is 50.4 Å². The number of piperidine rings is 1. The first-order chi connectivity index (χ1) is 11.7. The predicted molar refractivity (Wildman–Crippen MR) is 96.1 cm³/mol. The number of carbonyl (C=O) groups excluding carboxylic acids is 1. The van der Waals surface area contributed by atoms with Crippen molar-refractivity contribution < 1.29 is 17.9 Å². The van der Waals surface area contributed by atoms with Gasteiger partial charge in [0.1, 0.15) is 5.75 Å². The molecule has 140 valence electrons. The maximum absolute atomic E-state index is 12.5. The molecule has 1 heterocycles. The Balaban J connectivity index is 2.07. The average molecular weight is 369 g/mol. The van der Waals surface area contributed by atoms with Crippen LogP contribution in [0.15, 0.2) is 23.1 Å². The van der Waals surface area contributed by atoms with Crippen LogP contribution in [0.5, 0.6) is 5.75 Å². The van der Waals surface area contributed by atoms with Gasteiger partial charge in [-0.25, -0.2) is 13.6 Å². The molecular formula is C17H27N3O4S. The molecule has 0 saturated carbocycles. The molecule has 0 bridgehead atoms. The topological polar surface area (TPSA) is 102 Å². The van der Waals surface area contributed by atoms with Crippen LogP contribution >= 0.6 is 0 Å². The van der Waals surface area contributed by atoms with E-state index in [0.29, 0.717) is 18.2 Å². The van der Waals surface area contributed by atoms with Gasteiger partial charge in [0.25, 0.3) is 5.91 Å². The molecule has 0 radical (unpaired) electrons. The minimum Gasteiger partial charge on any atom is -0.496 e. The van der Waals surface area contributed by atoms with Gasteiger partial charge in [-0.3, -0.25) is 9.69 Å². The van der Waals surface area contributed by atoms with E-state index in [9.17, 15) is 13.2 Å². The lowest BCUT2D eigenvalue weighted by atomic mass is 9.99. The molecule has 0 aliphatic carbocycles. The standard InChI is InChI=1S/C17H27N3O4S/c1-12-5-4-8-20(11-12)13(2)10-19-17(21)15-9-14(25(18,22)23)6-7-16(15)24-3/h6-7,9,12-13H,4-5,8,10-11H2,1-3H3,(H,19,21)(H2,18,22,23). The first-order valence-corrected chi connectivity index (χ1v) is 10.00. The number of hydrogen-bond donors (Lipinski definition) is 2. The van der Waals surface area contributed by atoms with E-state index < -0.39 is 10.0 Å². The number of nitrogens with two attached hydrogens (primary N) is 1. The fourth-order valence-electron chi connectivity index (χ4n) is 3.13. The highest BCUT2D eigenvalue weighted by Crippen LogP contribution is 2.22. The fraction of sp³-hybridized carbons (Fsp3) is 0.588. The number of carbonyl (C=O) groups is 1. The minimum atomic E-state index is -3.88. The van der Waals surface area contributed by atoms with E-state index in [1.54, 1.807) is 0 Å². The molecule has 1 amide bonds. The SMILES string of the molecule is COc1ccc(S(N)(=O)=O)cc1C(=O)NCC(C)N1CCCC(C)C1. The van der Waals surface area contributed by atoms with Gasteiger partial charge in [0, 0.05) is 19.1 Å². The van der Waals surface area contributed by atoms with Gasteiger partial charge in [-0.2, -0.15) is 0 Å². The third-order valence-electron chi connectivity index (χ3n) is 4.61. The van der Waals surface area contributed by atoms with E-state index in [2.05, 4.69) is 24.1 Å². The van der Waals surface area contributed by atoms with Crippen molar-refractivity contribution in [3.05, 3.63) is 23.8 Å². The molecule has 1 aliphatic rings. The zero-order valence-corrected chi connectivity index (χ0v) is 15.8. The highest BCUT2D eigenvalue weighted by atomic mass is 32.2. The van der Waals surface area contributed by atoms with Crippen molar-refractivity contribution in [2.24, 2.45) is 11.1 Å². The molecule has 2 unspecified atom stereocenters. The number of ether oxygens (including phenoxy) is 1. The second kappa shape index (κ2) is 8.16. The molecule has 0 spiro atoms. The van der Waals surface area contributed by atoms with E-state index >= 15 is 0 Å². The van der Waals surface area contributed by atoms with Gasteiger partial charge < -0.3 is 10.1 Å². The summed E-state index contributed by atoms with van der Waals surface area (Å²) in [5.74, 6) is 0.599. The third-order valence-corrected chi connectivity index (χ3v) is 5.52. The number of rotatable bonds is 6. The smallest absolute Gasteiger partial charge is 0.255 e. The summed E-state index contributed by atoms with van der Waals surface area (Å²) in [6.45, 7) is 6.86. The van der Waals surface area contributed by atoms with Crippen LogP contribution in [0.1, 0.15) is 37.0 Å². The lowest BCUT2D eigenvalue weighted by molar-refractivity contribution is 0.0914. The van der Waals surface area contributed by atoms with Crippen molar-refractivity contribution >= 4 is 15.9 Å². The first kappa shape index (κ1) is 19.7. The lowest BCUT2D eigenvalue weighted by Gasteiger charge is -2.35. The number of nitrogens with one attached hydrogen (secondary N) is 1. The van der Waals surface area contributed by atoms with Crippen LogP contribution in [0, 0.1) is 5.92 Å². The molecule has 1 aromatic carbocycles. The van der Waals surface area contributed by atoms with Gasteiger partial charge in [0.2, 0.25) is 10.0 Å². The van der Waals surface area contributed by atoms with Gasteiger partial charge in [0.05, 0.1) is 17.6 Å². The van der Waals surface area contributed by atoms with E-state index in [1.807, 2.05) is 0 Å². The monoisotopic (exact) mass is 369 g/mol. The highest BCUT2D eigenvalue weighted by molar-refractivity contribution is 7.89. The molecule has 8 heteroatoms. The van der Waals surface area contributed by atoms with Gasteiger partial charge in [0.15, 0.2) is 0 Å². The maximum Gasteiger partial charge on any atom is 0.255 e. The number of hydrogen-bond acceptors (Lipinski definition) is 5. The number of amides is 1. The molecular weight excluding hydrogens is 342 g/mol. The summed E-state index contributed by atoms with van der Waals surface area (Å²) in [6, 6.07) is 4.21. The third kappa shape index (κ3) is 5.17. The molecule has 7 nitrogen and oxygen atoms in total. The predicted octanol–water partition coefficient (Wildman–Crippen LogP) is 1.19. The summed E-state index contributed by atoms with van der Waals surface area (Å²) in [4.78, 5) is 14.8. The Morgan fingerprint density at radius 3 is 2.80 bits per heavy atom. The van der Waals surface area contributed by atoms with Crippen LogP contribution < -0.4 is 15.2 Å².